The molecule has 0 saturated carbocycles. The van der Waals surface area contributed by atoms with E-state index in [1.54, 1.807) is 12.1 Å². The van der Waals surface area contributed by atoms with Gasteiger partial charge in [0.1, 0.15) is 5.75 Å². The number of fused-ring (bicyclic) bond motifs is 1. The molecule has 1 amide bonds. The van der Waals surface area contributed by atoms with Gasteiger partial charge in [0.15, 0.2) is 6.61 Å². The number of nitrogens with zero attached hydrogens (tertiary/aromatic N) is 1. The molecule has 22 heavy (non-hydrogen) atoms. The SMILES string of the molecule is C=CCN(CC=C)CCC(O)c1ccc2c(c1)NC(=O)CO2. The second-order valence-corrected chi connectivity index (χ2v) is 5.23. The lowest BCUT2D eigenvalue weighted by atomic mass is 10.0. The molecule has 5 heteroatoms. The third-order valence-electron chi connectivity index (χ3n) is 3.51. The summed E-state index contributed by atoms with van der Waals surface area (Å²) in [6.07, 6.45) is 3.67. The van der Waals surface area contributed by atoms with Gasteiger partial charge in [0.2, 0.25) is 0 Å². The number of aliphatic hydroxyl groups is 1. The number of benzene rings is 1. The smallest absolute Gasteiger partial charge is 0.262 e. The van der Waals surface area contributed by atoms with Crippen LogP contribution in [-0.2, 0) is 4.79 Å². The maximum absolute atomic E-state index is 11.3. The molecule has 118 valence electrons. The van der Waals surface area contributed by atoms with E-state index in [0.29, 0.717) is 17.9 Å². The van der Waals surface area contributed by atoms with Crippen LogP contribution in [0.5, 0.6) is 5.75 Å². The van der Waals surface area contributed by atoms with Crippen molar-refractivity contribution in [2.45, 2.75) is 12.5 Å². The van der Waals surface area contributed by atoms with E-state index in [2.05, 4.69) is 23.4 Å². The van der Waals surface area contributed by atoms with Crippen LogP contribution in [0.2, 0.25) is 0 Å². The summed E-state index contributed by atoms with van der Waals surface area (Å²) in [5, 5.41) is 13.1. The summed E-state index contributed by atoms with van der Waals surface area (Å²) in [5.41, 5.74) is 1.38. The van der Waals surface area contributed by atoms with E-state index in [0.717, 1.165) is 25.2 Å². The van der Waals surface area contributed by atoms with Gasteiger partial charge < -0.3 is 15.2 Å². The molecule has 0 saturated heterocycles. The van der Waals surface area contributed by atoms with E-state index in [1.807, 2.05) is 18.2 Å². The minimum Gasteiger partial charge on any atom is -0.482 e. The molecule has 1 aromatic carbocycles. The summed E-state index contributed by atoms with van der Waals surface area (Å²) in [6.45, 7) is 9.75. The van der Waals surface area contributed by atoms with Gasteiger partial charge in [-0.1, -0.05) is 18.2 Å². The standard InChI is InChI=1S/C17H22N2O3/c1-3-8-19(9-4-2)10-7-15(20)13-5-6-16-14(11-13)18-17(21)12-22-16/h3-6,11,15,20H,1-2,7-10,12H2,(H,18,21). The Morgan fingerprint density at radius 1 is 1.36 bits per heavy atom. The molecule has 0 aromatic heterocycles. The van der Waals surface area contributed by atoms with Gasteiger partial charge in [-0.05, 0) is 24.1 Å². The average Bonchev–Trinajstić information content (AvgIpc) is 2.52. The molecule has 1 aliphatic rings. The quantitative estimate of drug-likeness (QED) is 0.722. The molecule has 2 rings (SSSR count). The first kappa shape index (κ1) is 16.3. The third-order valence-corrected chi connectivity index (χ3v) is 3.51. The number of carbonyl (C=O) groups excluding carboxylic acids is 1. The number of nitrogens with one attached hydrogen (secondary N) is 1. The molecular weight excluding hydrogens is 280 g/mol. The lowest BCUT2D eigenvalue weighted by molar-refractivity contribution is -0.118. The number of carbonyl (C=O) groups is 1. The predicted molar refractivity (Wildman–Crippen MR) is 87.0 cm³/mol. The Morgan fingerprint density at radius 2 is 2.09 bits per heavy atom. The van der Waals surface area contributed by atoms with E-state index < -0.39 is 6.10 Å². The van der Waals surface area contributed by atoms with Crippen molar-refractivity contribution in [3.05, 3.63) is 49.1 Å². The molecule has 5 nitrogen and oxygen atoms in total. The highest BCUT2D eigenvalue weighted by atomic mass is 16.5. The van der Waals surface area contributed by atoms with Crippen molar-refractivity contribution in [1.82, 2.24) is 4.90 Å². The van der Waals surface area contributed by atoms with Crippen LogP contribution in [-0.4, -0.2) is 42.2 Å². The highest BCUT2D eigenvalue weighted by Gasteiger charge is 2.18. The van der Waals surface area contributed by atoms with E-state index in [4.69, 9.17) is 4.74 Å². The minimum atomic E-state index is -0.596. The predicted octanol–water partition coefficient (Wildman–Crippen LogP) is 2.11. The number of ether oxygens (including phenoxy) is 1. The Labute approximate surface area is 130 Å². The van der Waals surface area contributed by atoms with E-state index in [-0.39, 0.29) is 12.5 Å². The Morgan fingerprint density at radius 3 is 2.77 bits per heavy atom. The summed E-state index contributed by atoms with van der Waals surface area (Å²) in [4.78, 5) is 13.5. The summed E-state index contributed by atoms with van der Waals surface area (Å²) in [6, 6.07) is 5.37. The van der Waals surface area contributed by atoms with E-state index in [1.165, 1.54) is 0 Å². The minimum absolute atomic E-state index is 0.0347. The lowest BCUT2D eigenvalue weighted by Gasteiger charge is -2.22. The first-order valence-corrected chi connectivity index (χ1v) is 7.33. The van der Waals surface area contributed by atoms with Crippen LogP contribution in [0.25, 0.3) is 0 Å². The van der Waals surface area contributed by atoms with Gasteiger partial charge in [-0.2, -0.15) is 0 Å². The molecule has 1 heterocycles. The normalized spacial score (nSPS) is 14.7. The van der Waals surface area contributed by atoms with Crippen LogP contribution in [0.15, 0.2) is 43.5 Å². The van der Waals surface area contributed by atoms with E-state index in [9.17, 15) is 9.90 Å². The van der Waals surface area contributed by atoms with Crippen molar-refractivity contribution in [3.8, 4) is 5.75 Å². The highest BCUT2D eigenvalue weighted by molar-refractivity contribution is 5.95. The molecule has 1 unspecified atom stereocenters. The average molecular weight is 302 g/mol. The summed E-state index contributed by atoms with van der Waals surface area (Å²) >= 11 is 0. The van der Waals surface area contributed by atoms with Crippen molar-refractivity contribution >= 4 is 11.6 Å². The molecule has 0 fully saturated rings. The van der Waals surface area contributed by atoms with E-state index >= 15 is 0 Å². The maximum Gasteiger partial charge on any atom is 0.262 e. The topological polar surface area (TPSA) is 61.8 Å². The fraction of sp³-hybridized carbons (Fsp3) is 0.353. The summed E-state index contributed by atoms with van der Waals surface area (Å²) in [5.74, 6) is 0.456. The Balaban J connectivity index is 1.98. The van der Waals surface area contributed by atoms with Crippen LogP contribution >= 0.6 is 0 Å². The molecule has 0 radical (unpaired) electrons. The van der Waals surface area contributed by atoms with Gasteiger partial charge >= 0.3 is 0 Å². The number of hydrogen-bond donors (Lipinski definition) is 2. The Hall–Kier alpha value is -2.11. The monoisotopic (exact) mass is 302 g/mol. The van der Waals surface area contributed by atoms with Crippen LogP contribution in [0, 0.1) is 0 Å². The van der Waals surface area contributed by atoms with Crippen molar-refractivity contribution in [1.29, 1.82) is 0 Å². The van der Waals surface area contributed by atoms with Gasteiger partial charge in [-0.25, -0.2) is 0 Å². The number of hydrogen-bond acceptors (Lipinski definition) is 4. The first-order valence-electron chi connectivity index (χ1n) is 7.33. The first-order chi connectivity index (χ1) is 10.6. The van der Waals surface area contributed by atoms with Gasteiger partial charge in [0.25, 0.3) is 5.91 Å². The van der Waals surface area contributed by atoms with Crippen molar-refractivity contribution < 1.29 is 14.6 Å². The van der Waals surface area contributed by atoms with Gasteiger partial charge in [-0.15, -0.1) is 13.2 Å². The number of amides is 1. The molecule has 1 aliphatic heterocycles. The Kier molecular flexibility index (Phi) is 5.75. The van der Waals surface area contributed by atoms with Crippen LogP contribution in [0.1, 0.15) is 18.1 Å². The highest BCUT2D eigenvalue weighted by Crippen LogP contribution is 2.31. The summed E-state index contributed by atoms with van der Waals surface area (Å²) < 4.78 is 5.31. The zero-order valence-electron chi connectivity index (χ0n) is 12.6. The lowest BCUT2D eigenvalue weighted by Crippen LogP contribution is -2.27. The van der Waals surface area contributed by atoms with Gasteiger partial charge in [-0.3, -0.25) is 9.69 Å². The van der Waals surface area contributed by atoms with Crippen LogP contribution < -0.4 is 10.1 Å². The third kappa shape index (κ3) is 4.19. The van der Waals surface area contributed by atoms with Crippen molar-refractivity contribution in [2.75, 3.05) is 31.6 Å². The molecular formula is C17H22N2O3. The second kappa shape index (κ2) is 7.77. The molecule has 1 aromatic rings. The van der Waals surface area contributed by atoms with Gasteiger partial charge in [0, 0.05) is 19.6 Å². The van der Waals surface area contributed by atoms with Crippen LogP contribution in [0.3, 0.4) is 0 Å². The molecule has 0 spiro atoms. The molecule has 0 bridgehead atoms. The van der Waals surface area contributed by atoms with Crippen molar-refractivity contribution in [3.63, 3.8) is 0 Å². The second-order valence-electron chi connectivity index (χ2n) is 5.23. The fourth-order valence-corrected chi connectivity index (χ4v) is 2.40. The van der Waals surface area contributed by atoms with Crippen molar-refractivity contribution in [2.24, 2.45) is 0 Å². The number of aliphatic hydroxyl groups excluding tert-OH is 1. The summed E-state index contributed by atoms with van der Waals surface area (Å²) in [7, 11) is 0. The molecule has 1 atom stereocenters. The Bertz CT molecular complexity index is 547. The van der Waals surface area contributed by atoms with Crippen LogP contribution in [0.4, 0.5) is 5.69 Å². The number of anilines is 1. The zero-order chi connectivity index (χ0) is 15.9. The molecule has 2 N–H and O–H groups in total. The zero-order valence-corrected chi connectivity index (χ0v) is 12.6. The van der Waals surface area contributed by atoms with Gasteiger partial charge in [0.05, 0.1) is 11.8 Å². The number of rotatable bonds is 8. The maximum atomic E-state index is 11.3. The largest absolute Gasteiger partial charge is 0.482 e. The molecule has 0 aliphatic carbocycles. The fourth-order valence-electron chi connectivity index (χ4n) is 2.40.